The maximum absolute atomic E-state index is 12.1. The fourth-order valence-electron chi connectivity index (χ4n) is 6.26. The van der Waals surface area contributed by atoms with Crippen LogP contribution in [0.15, 0.2) is 12.3 Å². The molecule has 0 bridgehead atoms. The van der Waals surface area contributed by atoms with Crippen LogP contribution in [0.3, 0.4) is 0 Å². The average Bonchev–Trinajstić information content (AvgIpc) is 3.52. The number of nitrogens with one attached hydrogen (secondary N) is 1. The fraction of sp³-hybridized carbons (Fsp3) is 0.833. The molecule has 0 spiro atoms. The van der Waals surface area contributed by atoms with E-state index in [4.69, 9.17) is 37.9 Å². The Kier molecular flexibility index (Phi) is 12.0. The normalized spacial score (nSPS) is 49.4. The molecule has 280 valence electrons. The monoisotopic (exact) mass is 709 g/mol. The molecule has 5 rings (SSSR count). The summed E-state index contributed by atoms with van der Waals surface area (Å²) in [7, 11) is 0. The topological polar surface area (TPSA) is 289 Å². The quantitative estimate of drug-likeness (QED) is 0.109. The van der Waals surface area contributed by atoms with Crippen LogP contribution in [-0.4, -0.2) is 180 Å². The number of carbonyl (C=O) groups is 1. The molecule has 19 heteroatoms. The maximum Gasteiger partial charge on any atom is 0.229 e. The zero-order chi connectivity index (χ0) is 36.1. The molecule has 49 heavy (non-hydrogen) atoms. The fourth-order valence-corrected chi connectivity index (χ4v) is 6.26. The molecular weight excluding hydrogens is 662 g/mol. The van der Waals surface area contributed by atoms with Gasteiger partial charge in [0.1, 0.15) is 72.8 Å². The van der Waals surface area contributed by atoms with Gasteiger partial charge in [-0.25, -0.2) is 0 Å². The van der Waals surface area contributed by atoms with Gasteiger partial charge in [0.15, 0.2) is 36.5 Å². The maximum atomic E-state index is 12.1. The molecule has 0 radical (unpaired) electrons. The number of aliphatic hydroxyl groups excluding tert-OH is 9. The summed E-state index contributed by atoms with van der Waals surface area (Å²) in [5, 5.41) is 95.6. The largest absolute Gasteiger partial charge is 0.460 e. The standard InChI is InChI=1S/C30H47NO18/c1-8(32)14-13(6-7-31-14)46-30-26(49-28-21(39)19(37)16(34)10(3)43-28)22(40)24(12(5)45-30)47-29-23(41)25(17(35)11(4)44-29)48-27-20(38)18(36)15(33)9(2)42-27/h6-7,9-12,15-31,33-41H,1-5H3/t9-,10-,11-,12-,15+,16-,17+,18+,19+,20-,21-,22+,23-,24-,25+,26-,27+,28+,29+,30+/m1/s1. The van der Waals surface area contributed by atoms with E-state index in [1.807, 2.05) is 0 Å². The van der Waals surface area contributed by atoms with Gasteiger partial charge in [-0.05, 0) is 33.8 Å². The number of aliphatic hydroxyl groups is 9. The highest BCUT2D eigenvalue weighted by Crippen LogP contribution is 2.35. The molecule has 4 aliphatic rings. The Bertz CT molecular complexity index is 1250. The van der Waals surface area contributed by atoms with Gasteiger partial charge in [0, 0.05) is 13.1 Å². The molecule has 10 N–H and O–H groups in total. The summed E-state index contributed by atoms with van der Waals surface area (Å²) in [6, 6.07) is 1.44. The number of ketones is 1. The van der Waals surface area contributed by atoms with Crippen molar-refractivity contribution >= 4 is 5.78 Å². The molecule has 0 unspecified atom stereocenters. The van der Waals surface area contributed by atoms with E-state index >= 15 is 0 Å². The molecule has 19 nitrogen and oxygen atoms in total. The van der Waals surface area contributed by atoms with Gasteiger partial charge in [-0.3, -0.25) is 4.79 Å². The van der Waals surface area contributed by atoms with E-state index < -0.39 is 123 Å². The number of carbonyl (C=O) groups excluding carboxylic acids is 1. The van der Waals surface area contributed by atoms with Crippen LogP contribution >= 0.6 is 0 Å². The van der Waals surface area contributed by atoms with Crippen molar-refractivity contribution in [3.05, 3.63) is 18.0 Å². The van der Waals surface area contributed by atoms with Crippen molar-refractivity contribution in [2.24, 2.45) is 0 Å². The van der Waals surface area contributed by atoms with Gasteiger partial charge >= 0.3 is 0 Å². The summed E-state index contributed by atoms with van der Waals surface area (Å²) in [5.41, 5.74) is 0.0878. The van der Waals surface area contributed by atoms with Crippen molar-refractivity contribution in [3.63, 3.8) is 0 Å². The smallest absolute Gasteiger partial charge is 0.229 e. The van der Waals surface area contributed by atoms with Gasteiger partial charge in [0.05, 0.1) is 24.4 Å². The molecule has 20 atom stereocenters. The van der Waals surface area contributed by atoms with Crippen molar-refractivity contribution in [2.45, 2.75) is 157 Å². The van der Waals surface area contributed by atoms with Crippen molar-refractivity contribution in [1.29, 1.82) is 0 Å². The van der Waals surface area contributed by atoms with Gasteiger partial charge < -0.3 is 88.8 Å². The van der Waals surface area contributed by atoms with Crippen LogP contribution in [0.2, 0.25) is 0 Å². The first kappa shape index (κ1) is 38.3. The van der Waals surface area contributed by atoms with Gasteiger partial charge in [0.25, 0.3) is 0 Å². The van der Waals surface area contributed by atoms with E-state index in [9.17, 15) is 50.8 Å². The number of rotatable bonds is 9. The van der Waals surface area contributed by atoms with Crippen LogP contribution < -0.4 is 4.74 Å². The SMILES string of the molecule is CC(=O)c1[nH]ccc1O[C@@H]1O[C@H](C)[C@@H](O[C@@H]2O[C@H](C)[C@H](O)[C@H](O[C@@H]3O[C@H](C)[C@H](O)[C@H](O)[C@H]3O)[C@H]2O)[C@H](O)[C@H]1O[C@@H]1O[C@H](C)[C@@H](O)[C@H](O)[C@H]1O. The van der Waals surface area contributed by atoms with E-state index in [2.05, 4.69) is 4.98 Å². The lowest BCUT2D eigenvalue weighted by molar-refractivity contribution is -0.383. The first-order valence-electron chi connectivity index (χ1n) is 16.1. The highest BCUT2D eigenvalue weighted by molar-refractivity contribution is 5.94. The Balaban J connectivity index is 1.37. The predicted molar refractivity (Wildman–Crippen MR) is 157 cm³/mol. The molecule has 0 aromatic carbocycles. The molecule has 0 saturated carbocycles. The highest BCUT2D eigenvalue weighted by atomic mass is 16.8. The summed E-state index contributed by atoms with van der Waals surface area (Å²) in [6.07, 6.45) is -28.1. The Morgan fingerprint density at radius 3 is 1.53 bits per heavy atom. The lowest BCUT2D eigenvalue weighted by Gasteiger charge is -2.49. The summed E-state index contributed by atoms with van der Waals surface area (Å²) >= 11 is 0. The summed E-state index contributed by atoms with van der Waals surface area (Å²) < 4.78 is 46.4. The highest BCUT2D eigenvalue weighted by Gasteiger charge is 2.54. The van der Waals surface area contributed by atoms with E-state index in [1.54, 1.807) is 0 Å². The van der Waals surface area contributed by atoms with Crippen molar-refractivity contribution < 1.29 is 88.6 Å². The van der Waals surface area contributed by atoms with Gasteiger partial charge in [0.2, 0.25) is 6.29 Å². The number of hydrogen-bond donors (Lipinski definition) is 10. The number of hydrogen-bond acceptors (Lipinski definition) is 18. The van der Waals surface area contributed by atoms with E-state index in [0.717, 1.165) is 0 Å². The van der Waals surface area contributed by atoms with Crippen molar-refractivity contribution in [1.82, 2.24) is 4.98 Å². The second-order valence-electron chi connectivity index (χ2n) is 12.9. The second kappa shape index (κ2) is 15.4. The van der Waals surface area contributed by atoms with Gasteiger partial charge in [-0.15, -0.1) is 0 Å². The van der Waals surface area contributed by atoms with Crippen LogP contribution in [0, 0.1) is 0 Å². The number of H-pyrrole nitrogens is 1. The number of aromatic amines is 1. The third-order valence-electron chi connectivity index (χ3n) is 9.33. The Morgan fingerprint density at radius 2 is 1.00 bits per heavy atom. The predicted octanol–water partition coefficient (Wildman–Crippen LogP) is -4.02. The minimum Gasteiger partial charge on any atom is -0.460 e. The van der Waals surface area contributed by atoms with E-state index in [0.29, 0.717) is 0 Å². The molecule has 0 amide bonds. The first-order valence-corrected chi connectivity index (χ1v) is 16.1. The van der Waals surface area contributed by atoms with Gasteiger partial charge in [-0.2, -0.15) is 0 Å². The summed E-state index contributed by atoms with van der Waals surface area (Å²) in [5.74, 6) is -0.324. The van der Waals surface area contributed by atoms with E-state index in [-0.39, 0.29) is 17.2 Å². The second-order valence-corrected chi connectivity index (χ2v) is 12.9. The van der Waals surface area contributed by atoms with Crippen LogP contribution in [-0.2, 0) is 33.2 Å². The van der Waals surface area contributed by atoms with Gasteiger partial charge in [-0.1, -0.05) is 0 Å². The molecule has 4 aliphatic heterocycles. The number of aromatic nitrogens is 1. The third-order valence-corrected chi connectivity index (χ3v) is 9.33. The minimum absolute atomic E-state index is 0.0479. The van der Waals surface area contributed by atoms with E-state index in [1.165, 1.54) is 46.9 Å². The Labute approximate surface area is 280 Å². The molecular formula is C30H47NO18. The lowest BCUT2D eigenvalue weighted by atomic mass is 9.96. The Morgan fingerprint density at radius 1 is 0.551 bits per heavy atom. The van der Waals surface area contributed by atoms with Crippen LogP contribution in [0.4, 0.5) is 0 Å². The molecule has 4 saturated heterocycles. The third kappa shape index (κ3) is 7.68. The van der Waals surface area contributed by atoms with Crippen LogP contribution in [0.5, 0.6) is 5.75 Å². The zero-order valence-electron chi connectivity index (χ0n) is 27.4. The van der Waals surface area contributed by atoms with Crippen LogP contribution in [0.25, 0.3) is 0 Å². The lowest BCUT2D eigenvalue weighted by Crippen LogP contribution is -2.66. The molecule has 4 fully saturated rings. The van der Waals surface area contributed by atoms with Crippen molar-refractivity contribution in [2.75, 3.05) is 0 Å². The molecule has 0 aliphatic carbocycles. The average molecular weight is 710 g/mol. The minimum atomic E-state index is -1.78. The number of ether oxygens (including phenoxy) is 8. The zero-order valence-corrected chi connectivity index (χ0v) is 27.4. The molecule has 1 aromatic rings. The van der Waals surface area contributed by atoms with Crippen molar-refractivity contribution in [3.8, 4) is 5.75 Å². The molecule has 1 aromatic heterocycles. The first-order chi connectivity index (χ1) is 23.0. The summed E-state index contributed by atoms with van der Waals surface area (Å²) in [4.78, 5) is 14.9. The number of Topliss-reactive ketones (excluding diaryl/α,β-unsaturated/α-hetero) is 1. The Hall–Kier alpha value is -1.89. The summed E-state index contributed by atoms with van der Waals surface area (Å²) in [6.45, 7) is 7.11. The van der Waals surface area contributed by atoms with Crippen LogP contribution in [0.1, 0.15) is 45.1 Å². The molecule has 5 heterocycles.